The van der Waals surface area contributed by atoms with E-state index < -0.39 is 29.6 Å². The minimum atomic E-state index is -1.00. The van der Waals surface area contributed by atoms with Crippen molar-refractivity contribution in [1.29, 1.82) is 0 Å². The molecule has 144 valence electrons. The fourth-order valence-electron chi connectivity index (χ4n) is 3.16. The number of amides is 2. The van der Waals surface area contributed by atoms with E-state index in [1.807, 2.05) is 0 Å². The fourth-order valence-corrected chi connectivity index (χ4v) is 3.35. The van der Waals surface area contributed by atoms with Gasteiger partial charge < -0.3 is 15.7 Å². The number of allylic oxidation sites excluding steroid dienone is 2. The van der Waals surface area contributed by atoms with Gasteiger partial charge in [0.1, 0.15) is 0 Å². The molecule has 1 aliphatic rings. The number of benzene rings is 2. The van der Waals surface area contributed by atoms with Crippen LogP contribution in [0.25, 0.3) is 0 Å². The molecule has 0 saturated carbocycles. The second kappa shape index (κ2) is 8.71. The Kier molecular flexibility index (Phi) is 6.11. The summed E-state index contributed by atoms with van der Waals surface area (Å²) >= 11 is 5.94. The minimum Gasteiger partial charge on any atom is -0.481 e. The summed E-state index contributed by atoms with van der Waals surface area (Å²) in [5.74, 6) is -3.29. The summed E-state index contributed by atoms with van der Waals surface area (Å²) in [6, 6.07) is 13.3. The van der Waals surface area contributed by atoms with E-state index in [1.165, 1.54) is 0 Å². The van der Waals surface area contributed by atoms with E-state index in [4.69, 9.17) is 11.6 Å². The Morgan fingerprint density at radius 1 is 0.929 bits per heavy atom. The lowest BCUT2D eigenvalue weighted by Crippen LogP contribution is -2.35. The highest BCUT2D eigenvalue weighted by Gasteiger charge is 2.34. The van der Waals surface area contributed by atoms with Gasteiger partial charge in [0.2, 0.25) is 5.91 Å². The molecule has 0 fully saturated rings. The van der Waals surface area contributed by atoms with Gasteiger partial charge in [0.25, 0.3) is 5.91 Å². The van der Waals surface area contributed by atoms with E-state index in [0.717, 1.165) is 0 Å². The third kappa shape index (κ3) is 4.58. The zero-order valence-electron chi connectivity index (χ0n) is 14.9. The van der Waals surface area contributed by atoms with Crippen LogP contribution in [0.4, 0.5) is 11.4 Å². The summed E-state index contributed by atoms with van der Waals surface area (Å²) in [6.45, 7) is 0. The maximum Gasteiger partial charge on any atom is 0.307 e. The van der Waals surface area contributed by atoms with E-state index in [0.29, 0.717) is 29.2 Å². The van der Waals surface area contributed by atoms with Crippen molar-refractivity contribution in [3.8, 4) is 0 Å². The van der Waals surface area contributed by atoms with Gasteiger partial charge in [0, 0.05) is 10.7 Å². The quantitative estimate of drug-likeness (QED) is 0.658. The van der Waals surface area contributed by atoms with Gasteiger partial charge in [-0.25, -0.2) is 0 Å². The molecule has 2 atom stereocenters. The van der Waals surface area contributed by atoms with Crippen LogP contribution in [0.5, 0.6) is 0 Å². The number of aliphatic carboxylic acids is 1. The molecule has 2 aromatic carbocycles. The SMILES string of the molecule is O=C(Nc1cccc(Cl)c1)c1ccccc1NC(=O)[C@@H]1CC=CC[C@H]1C(=O)O. The van der Waals surface area contributed by atoms with Crippen molar-refractivity contribution in [2.45, 2.75) is 12.8 Å². The van der Waals surface area contributed by atoms with Crippen LogP contribution in [0.1, 0.15) is 23.2 Å². The van der Waals surface area contributed by atoms with E-state index in [1.54, 1.807) is 60.7 Å². The zero-order valence-corrected chi connectivity index (χ0v) is 15.6. The van der Waals surface area contributed by atoms with Crippen LogP contribution in [-0.2, 0) is 9.59 Å². The second-order valence-electron chi connectivity index (χ2n) is 6.49. The number of anilines is 2. The van der Waals surface area contributed by atoms with Crippen LogP contribution in [0, 0.1) is 11.8 Å². The maximum absolute atomic E-state index is 12.7. The van der Waals surface area contributed by atoms with Crippen LogP contribution >= 0.6 is 11.6 Å². The first-order valence-corrected chi connectivity index (χ1v) is 9.18. The first-order chi connectivity index (χ1) is 13.5. The van der Waals surface area contributed by atoms with E-state index in [2.05, 4.69) is 10.6 Å². The van der Waals surface area contributed by atoms with Crippen molar-refractivity contribution >= 4 is 40.8 Å². The first kappa shape index (κ1) is 19.6. The number of hydrogen-bond acceptors (Lipinski definition) is 3. The number of halogens is 1. The Morgan fingerprint density at radius 2 is 1.64 bits per heavy atom. The Labute approximate surface area is 167 Å². The standard InChI is InChI=1S/C21H19ClN2O4/c22-13-6-5-7-14(12-13)23-20(26)17-10-3-4-11-18(17)24-19(25)15-8-1-2-9-16(15)21(27)28/h1-7,10-12,15-16H,8-9H2,(H,23,26)(H,24,25)(H,27,28)/t15-,16-/m1/s1. The summed E-state index contributed by atoms with van der Waals surface area (Å²) in [6.07, 6.45) is 4.24. The summed E-state index contributed by atoms with van der Waals surface area (Å²) in [5, 5.41) is 15.3. The molecule has 0 radical (unpaired) electrons. The van der Waals surface area contributed by atoms with Gasteiger partial charge >= 0.3 is 5.97 Å². The Hall–Kier alpha value is -3.12. The van der Waals surface area contributed by atoms with E-state index in [9.17, 15) is 19.5 Å². The molecule has 0 unspecified atom stereocenters. The average Bonchev–Trinajstić information content (AvgIpc) is 2.68. The van der Waals surface area contributed by atoms with Gasteiger partial charge in [-0.1, -0.05) is 42.0 Å². The molecule has 0 heterocycles. The smallest absolute Gasteiger partial charge is 0.307 e. The summed E-state index contributed by atoms with van der Waals surface area (Å²) < 4.78 is 0. The predicted molar refractivity (Wildman–Crippen MR) is 107 cm³/mol. The molecule has 0 spiro atoms. The van der Waals surface area contributed by atoms with Gasteiger partial charge in [-0.15, -0.1) is 0 Å². The fraction of sp³-hybridized carbons (Fsp3) is 0.190. The molecular weight excluding hydrogens is 380 g/mol. The molecule has 2 amide bonds. The number of hydrogen-bond donors (Lipinski definition) is 3. The largest absolute Gasteiger partial charge is 0.481 e. The van der Waals surface area contributed by atoms with Crippen molar-refractivity contribution in [2.75, 3.05) is 10.6 Å². The second-order valence-corrected chi connectivity index (χ2v) is 6.93. The minimum absolute atomic E-state index is 0.272. The molecule has 7 heteroatoms. The molecule has 1 aliphatic carbocycles. The average molecular weight is 399 g/mol. The van der Waals surface area contributed by atoms with Gasteiger partial charge in [0.05, 0.1) is 23.1 Å². The van der Waals surface area contributed by atoms with Gasteiger partial charge in [0.15, 0.2) is 0 Å². The van der Waals surface area contributed by atoms with Crippen LogP contribution in [-0.4, -0.2) is 22.9 Å². The monoisotopic (exact) mass is 398 g/mol. The molecule has 3 N–H and O–H groups in total. The summed E-state index contributed by atoms with van der Waals surface area (Å²) in [4.78, 5) is 36.8. The van der Waals surface area contributed by atoms with E-state index in [-0.39, 0.29) is 5.56 Å². The summed E-state index contributed by atoms with van der Waals surface area (Å²) in [7, 11) is 0. The van der Waals surface area contributed by atoms with Gasteiger partial charge in [-0.3, -0.25) is 14.4 Å². The lowest BCUT2D eigenvalue weighted by Gasteiger charge is -2.24. The molecule has 0 aliphatic heterocycles. The normalized spacial score (nSPS) is 18.3. The number of carboxylic acids is 1. The molecule has 6 nitrogen and oxygen atoms in total. The van der Waals surface area contributed by atoms with Crippen molar-refractivity contribution in [3.63, 3.8) is 0 Å². The van der Waals surface area contributed by atoms with Crippen LogP contribution in [0.2, 0.25) is 5.02 Å². The lowest BCUT2D eigenvalue weighted by molar-refractivity contribution is -0.146. The van der Waals surface area contributed by atoms with Crippen LogP contribution in [0.15, 0.2) is 60.7 Å². The number of nitrogens with one attached hydrogen (secondary N) is 2. The Morgan fingerprint density at radius 3 is 2.36 bits per heavy atom. The van der Waals surface area contributed by atoms with Gasteiger partial charge in [-0.2, -0.15) is 0 Å². The molecule has 28 heavy (non-hydrogen) atoms. The van der Waals surface area contributed by atoms with Crippen molar-refractivity contribution < 1.29 is 19.5 Å². The van der Waals surface area contributed by atoms with Crippen molar-refractivity contribution in [3.05, 3.63) is 71.3 Å². The molecule has 3 rings (SSSR count). The molecule has 0 saturated heterocycles. The maximum atomic E-state index is 12.7. The van der Waals surface area contributed by atoms with Crippen LogP contribution < -0.4 is 10.6 Å². The van der Waals surface area contributed by atoms with Crippen LogP contribution in [0.3, 0.4) is 0 Å². The Balaban J connectivity index is 1.78. The number of carbonyl (C=O) groups excluding carboxylic acids is 2. The van der Waals surface area contributed by atoms with E-state index >= 15 is 0 Å². The molecule has 0 aromatic heterocycles. The predicted octanol–water partition coefficient (Wildman–Crippen LogP) is 4.20. The number of para-hydroxylation sites is 1. The number of carboxylic acid groups (broad SMARTS) is 1. The number of carbonyl (C=O) groups is 3. The van der Waals surface area contributed by atoms with Crippen molar-refractivity contribution in [1.82, 2.24) is 0 Å². The topological polar surface area (TPSA) is 95.5 Å². The molecule has 2 aromatic rings. The summed E-state index contributed by atoms with van der Waals surface area (Å²) in [5.41, 5.74) is 1.13. The molecule has 0 bridgehead atoms. The van der Waals surface area contributed by atoms with Gasteiger partial charge in [-0.05, 0) is 43.2 Å². The third-order valence-corrected chi connectivity index (χ3v) is 4.83. The highest BCUT2D eigenvalue weighted by molar-refractivity contribution is 6.31. The zero-order chi connectivity index (χ0) is 20.1. The first-order valence-electron chi connectivity index (χ1n) is 8.80. The molecular formula is C21H19ClN2O4. The highest BCUT2D eigenvalue weighted by Crippen LogP contribution is 2.28. The third-order valence-electron chi connectivity index (χ3n) is 4.60. The number of rotatable bonds is 5. The highest BCUT2D eigenvalue weighted by atomic mass is 35.5. The lowest BCUT2D eigenvalue weighted by atomic mass is 9.82. The van der Waals surface area contributed by atoms with Crippen molar-refractivity contribution in [2.24, 2.45) is 11.8 Å². The Bertz CT molecular complexity index is 942.